The minimum atomic E-state index is 0.183. The van der Waals surface area contributed by atoms with Crippen LogP contribution in [0.4, 0.5) is 0 Å². The molecule has 2 aliphatic carbocycles. The summed E-state index contributed by atoms with van der Waals surface area (Å²) in [6.45, 7) is 0. The lowest BCUT2D eigenvalue weighted by atomic mass is 9.90. The Morgan fingerprint density at radius 2 is 2.25 bits per heavy atom. The molecule has 0 spiro atoms. The highest BCUT2D eigenvalue weighted by Gasteiger charge is 2.46. The molecule has 4 atom stereocenters. The number of carbonyl (C=O) groups excluding carboxylic acids is 1. The first kappa shape index (κ1) is 6.70. The zero-order valence-electron chi connectivity index (χ0n) is 6.99. The fourth-order valence-corrected chi connectivity index (χ4v) is 2.57. The quantitative estimate of drug-likeness (QED) is 0.532. The van der Waals surface area contributed by atoms with Crippen molar-refractivity contribution in [1.29, 1.82) is 0 Å². The molecule has 0 radical (unpaired) electrons. The van der Waals surface area contributed by atoms with Crippen LogP contribution in [0, 0.1) is 17.8 Å². The third kappa shape index (κ3) is 0.838. The molecule has 2 fully saturated rings. The summed E-state index contributed by atoms with van der Waals surface area (Å²) >= 11 is 0. The van der Waals surface area contributed by atoms with Gasteiger partial charge in [0, 0.05) is 0 Å². The molecule has 1 amide bonds. The molecule has 0 aromatic carbocycles. The lowest BCUT2D eigenvalue weighted by Crippen LogP contribution is -2.43. The summed E-state index contributed by atoms with van der Waals surface area (Å²) in [7, 11) is 0. The van der Waals surface area contributed by atoms with E-state index in [2.05, 4.69) is 17.5 Å². The zero-order valence-corrected chi connectivity index (χ0v) is 6.99. The van der Waals surface area contributed by atoms with E-state index in [1.54, 1.807) is 0 Å². The lowest BCUT2D eigenvalue weighted by molar-refractivity contribution is -0.125. The predicted molar refractivity (Wildman–Crippen MR) is 45.4 cm³/mol. The molecule has 64 valence electrons. The van der Waals surface area contributed by atoms with Gasteiger partial charge >= 0.3 is 0 Å². The fourth-order valence-electron chi connectivity index (χ4n) is 2.57. The molecule has 4 aliphatic rings. The Balaban J connectivity index is 1.93. The zero-order chi connectivity index (χ0) is 8.13. The second-order valence-electron chi connectivity index (χ2n) is 4.26. The van der Waals surface area contributed by atoms with Crippen molar-refractivity contribution in [2.45, 2.75) is 25.3 Å². The highest BCUT2D eigenvalue weighted by atomic mass is 16.2. The van der Waals surface area contributed by atoms with Gasteiger partial charge in [0.15, 0.2) is 0 Å². The van der Waals surface area contributed by atoms with Crippen LogP contribution in [0.25, 0.3) is 0 Å². The van der Waals surface area contributed by atoms with Crippen LogP contribution in [-0.2, 0) is 4.79 Å². The third-order valence-electron chi connectivity index (χ3n) is 3.48. The number of rotatable bonds is 0. The standard InChI is InChI=1S/C10H13NO/c12-10-6-1-2-7-5-8(7)9(11-10)4-3-6/h3-4,6-9H,1-2,5H2,(H,11,12)/t6-,7+,8-,9-/m0/s1. The van der Waals surface area contributed by atoms with Crippen LogP contribution in [0.15, 0.2) is 12.2 Å². The molecular formula is C10H13NO. The molecule has 2 heterocycles. The first-order valence-electron chi connectivity index (χ1n) is 4.83. The number of fused-ring (bicyclic) bond motifs is 2. The van der Waals surface area contributed by atoms with Crippen molar-refractivity contribution in [1.82, 2.24) is 5.32 Å². The number of carbonyl (C=O) groups is 1. The van der Waals surface area contributed by atoms with E-state index in [0.717, 1.165) is 18.3 Å². The highest BCUT2D eigenvalue weighted by molar-refractivity contribution is 5.82. The minimum Gasteiger partial charge on any atom is -0.349 e. The Labute approximate surface area is 72.0 Å². The molecule has 4 rings (SSSR count). The van der Waals surface area contributed by atoms with Crippen molar-refractivity contribution in [3.05, 3.63) is 12.2 Å². The van der Waals surface area contributed by atoms with E-state index in [0.29, 0.717) is 6.04 Å². The summed E-state index contributed by atoms with van der Waals surface area (Å²) in [6, 6.07) is 0.374. The van der Waals surface area contributed by atoms with Crippen LogP contribution in [0.3, 0.4) is 0 Å². The van der Waals surface area contributed by atoms with Crippen LogP contribution < -0.4 is 5.32 Å². The van der Waals surface area contributed by atoms with Crippen molar-refractivity contribution >= 4 is 5.91 Å². The number of nitrogens with one attached hydrogen (secondary N) is 1. The maximum absolute atomic E-state index is 11.4. The molecule has 0 aromatic rings. The first-order valence-corrected chi connectivity index (χ1v) is 4.83. The molecule has 1 saturated heterocycles. The molecule has 2 nitrogen and oxygen atoms in total. The third-order valence-corrected chi connectivity index (χ3v) is 3.48. The van der Waals surface area contributed by atoms with Crippen molar-refractivity contribution in [3.63, 3.8) is 0 Å². The smallest absolute Gasteiger partial charge is 0.227 e. The minimum absolute atomic E-state index is 0.183. The summed E-state index contributed by atoms with van der Waals surface area (Å²) in [6.07, 6.45) is 7.98. The predicted octanol–water partition coefficient (Wildman–Crippen LogP) is 1.09. The fraction of sp³-hybridized carbons (Fsp3) is 0.700. The van der Waals surface area contributed by atoms with Gasteiger partial charge in [0.1, 0.15) is 0 Å². The topological polar surface area (TPSA) is 29.1 Å². The largest absolute Gasteiger partial charge is 0.349 e. The Bertz CT molecular complexity index is 259. The van der Waals surface area contributed by atoms with Crippen LogP contribution in [-0.4, -0.2) is 11.9 Å². The SMILES string of the molecule is O=C1N[C@H]2C=C[C@@H]1CC[C@@H]1C[C@@H]12. The van der Waals surface area contributed by atoms with E-state index in [1.165, 1.54) is 12.8 Å². The summed E-state index contributed by atoms with van der Waals surface area (Å²) in [4.78, 5) is 11.4. The second-order valence-corrected chi connectivity index (χ2v) is 4.26. The maximum atomic E-state index is 11.4. The Morgan fingerprint density at radius 3 is 3.08 bits per heavy atom. The Morgan fingerprint density at radius 1 is 1.33 bits per heavy atom. The monoisotopic (exact) mass is 163 g/mol. The van der Waals surface area contributed by atoms with E-state index in [-0.39, 0.29) is 11.8 Å². The van der Waals surface area contributed by atoms with Gasteiger partial charge in [0.25, 0.3) is 0 Å². The number of amides is 1. The van der Waals surface area contributed by atoms with E-state index < -0.39 is 0 Å². The van der Waals surface area contributed by atoms with Crippen LogP contribution in [0.1, 0.15) is 19.3 Å². The van der Waals surface area contributed by atoms with Crippen LogP contribution >= 0.6 is 0 Å². The lowest BCUT2D eigenvalue weighted by Gasteiger charge is -2.26. The van der Waals surface area contributed by atoms with Gasteiger partial charge in [0.2, 0.25) is 5.91 Å². The summed E-state index contributed by atoms with van der Waals surface area (Å²) in [5.41, 5.74) is 0. The van der Waals surface area contributed by atoms with Crippen LogP contribution in [0.5, 0.6) is 0 Å². The van der Waals surface area contributed by atoms with Crippen LogP contribution in [0.2, 0.25) is 0 Å². The molecule has 0 unspecified atom stereocenters. The van der Waals surface area contributed by atoms with Gasteiger partial charge < -0.3 is 5.32 Å². The molecule has 1 saturated carbocycles. The molecule has 0 aromatic heterocycles. The van der Waals surface area contributed by atoms with Gasteiger partial charge in [-0.3, -0.25) is 4.79 Å². The molecule has 2 bridgehead atoms. The van der Waals surface area contributed by atoms with Crippen molar-refractivity contribution in [2.24, 2.45) is 17.8 Å². The molecule has 1 N–H and O–H groups in total. The van der Waals surface area contributed by atoms with Gasteiger partial charge in [-0.05, 0) is 31.1 Å². The Hall–Kier alpha value is -0.790. The summed E-state index contributed by atoms with van der Waals surface area (Å²) in [5.74, 6) is 2.13. The van der Waals surface area contributed by atoms with Gasteiger partial charge in [-0.15, -0.1) is 0 Å². The highest BCUT2D eigenvalue weighted by Crippen LogP contribution is 2.48. The second kappa shape index (κ2) is 2.12. The normalized spacial score (nSPS) is 49.2. The van der Waals surface area contributed by atoms with Crippen molar-refractivity contribution < 1.29 is 4.79 Å². The van der Waals surface area contributed by atoms with Crippen molar-refractivity contribution in [2.75, 3.05) is 0 Å². The molecular weight excluding hydrogens is 150 g/mol. The van der Waals surface area contributed by atoms with Gasteiger partial charge in [0.05, 0.1) is 12.0 Å². The average molecular weight is 163 g/mol. The average Bonchev–Trinajstić information content (AvgIpc) is 2.76. The summed E-state index contributed by atoms with van der Waals surface area (Å²) in [5, 5.41) is 3.08. The molecule has 2 aliphatic heterocycles. The van der Waals surface area contributed by atoms with E-state index in [4.69, 9.17) is 0 Å². The first-order chi connectivity index (χ1) is 5.84. The maximum Gasteiger partial charge on any atom is 0.227 e. The van der Waals surface area contributed by atoms with E-state index >= 15 is 0 Å². The van der Waals surface area contributed by atoms with E-state index in [9.17, 15) is 4.79 Å². The number of hydrogen-bond acceptors (Lipinski definition) is 1. The van der Waals surface area contributed by atoms with E-state index in [1.807, 2.05) is 0 Å². The van der Waals surface area contributed by atoms with Gasteiger partial charge in [-0.25, -0.2) is 0 Å². The van der Waals surface area contributed by atoms with Gasteiger partial charge in [-0.2, -0.15) is 0 Å². The van der Waals surface area contributed by atoms with Gasteiger partial charge in [-0.1, -0.05) is 12.2 Å². The molecule has 2 heteroatoms. The Kier molecular flexibility index (Phi) is 1.18. The van der Waals surface area contributed by atoms with Crippen molar-refractivity contribution in [3.8, 4) is 0 Å². The summed E-state index contributed by atoms with van der Waals surface area (Å²) < 4.78 is 0. The number of hydrogen-bond donors (Lipinski definition) is 1. The molecule has 12 heavy (non-hydrogen) atoms.